The van der Waals surface area contributed by atoms with Crippen LogP contribution in [-0.2, 0) is 4.79 Å². The van der Waals surface area contributed by atoms with Gasteiger partial charge in [-0.05, 0) is 50.3 Å². The summed E-state index contributed by atoms with van der Waals surface area (Å²) in [6.07, 6.45) is 4.66. The number of rotatable bonds is 6. The maximum Gasteiger partial charge on any atom is 0.250 e. The SMILES string of the molecule is CC(=O)Nc1ccc(/C(C)=N\Nc2nc(N3CCCC3)nc(N3CCCC3)n2)cc1. The molecule has 0 unspecified atom stereocenters. The quantitative estimate of drug-likeness (QED) is 0.560. The zero-order chi connectivity index (χ0) is 20.9. The molecule has 1 aromatic carbocycles. The number of carbonyl (C=O) groups is 1. The minimum atomic E-state index is -0.0905. The number of hydrazone groups is 1. The van der Waals surface area contributed by atoms with E-state index in [0.29, 0.717) is 5.95 Å². The number of anilines is 4. The molecule has 9 heteroatoms. The second-order valence-electron chi connectivity index (χ2n) is 7.71. The van der Waals surface area contributed by atoms with Crippen LogP contribution < -0.4 is 20.5 Å². The predicted octanol–water partition coefficient (Wildman–Crippen LogP) is 2.87. The molecule has 2 fully saturated rings. The number of nitrogens with zero attached hydrogens (tertiary/aromatic N) is 6. The molecule has 0 atom stereocenters. The van der Waals surface area contributed by atoms with Crippen LogP contribution in [0, 0.1) is 0 Å². The van der Waals surface area contributed by atoms with Crippen molar-refractivity contribution in [3.8, 4) is 0 Å². The Bertz CT molecular complexity index is 881. The van der Waals surface area contributed by atoms with Crippen LogP contribution in [0.5, 0.6) is 0 Å². The third kappa shape index (κ3) is 4.84. The van der Waals surface area contributed by atoms with Crippen LogP contribution in [0.3, 0.4) is 0 Å². The normalized spacial score (nSPS) is 16.8. The number of aromatic nitrogens is 3. The number of hydrogen-bond acceptors (Lipinski definition) is 8. The lowest BCUT2D eigenvalue weighted by Crippen LogP contribution is -2.25. The first-order chi connectivity index (χ1) is 14.6. The van der Waals surface area contributed by atoms with Gasteiger partial charge in [0, 0.05) is 38.8 Å². The Morgan fingerprint density at radius 1 is 0.867 bits per heavy atom. The van der Waals surface area contributed by atoms with Gasteiger partial charge in [-0.1, -0.05) is 12.1 Å². The second kappa shape index (κ2) is 9.06. The van der Waals surface area contributed by atoms with Crippen LogP contribution in [0.2, 0.25) is 0 Å². The highest BCUT2D eigenvalue weighted by Crippen LogP contribution is 2.23. The molecule has 2 N–H and O–H groups in total. The van der Waals surface area contributed by atoms with E-state index in [-0.39, 0.29) is 5.91 Å². The highest BCUT2D eigenvalue weighted by Gasteiger charge is 2.21. The van der Waals surface area contributed by atoms with Crippen molar-refractivity contribution in [2.24, 2.45) is 5.10 Å². The van der Waals surface area contributed by atoms with Crippen molar-refractivity contribution in [2.45, 2.75) is 39.5 Å². The van der Waals surface area contributed by atoms with Gasteiger partial charge in [0.25, 0.3) is 0 Å². The van der Waals surface area contributed by atoms with Gasteiger partial charge in [-0.25, -0.2) is 5.43 Å². The van der Waals surface area contributed by atoms with Crippen LogP contribution in [0.4, 0.5) is 23.5 Å². The molecule has 0 spiro atoms. The van der Waals surface area contributed by atoms with Crippen LogP contribution in [-0.4, -0.2) is 52.7 Å². The van der Waals surface area contributed by atoms with Gasteiger partial charge in [0.1, 0.15) is 0 Å². The summed E-state index contributed by atoms with van der Waals surface area (Å²) < 4.78 is 0. The first kappa shape index (κ1) is 20.1. The zero-order valence-electron chi connectivity index (χ0n) is 17.6. The van der Waals surface area contributed by atoms with E-state index in [1.54, 1.807) is 0 Å². The lowest BCUT2D eigenvalue weighted by atomic mass is 10.1. The molecule has 0 radical (unpaired) electrons. The molecule has 3 heterocycles. The molecule has 0 saturated carbocycles. The van der Waals surface area contributed by atoms with Gasteiger partial charge in [-0.2, -0.15) is 20.1 Å². The van der Waals surface area contributed by atoms with Crippen molar-refractivity contribution in [2.75, 3.05) is 46.7 Å². The van der Waals surface area contributed by atoms with E-state index in [4.69, 9.17) is 4.98 Å². The standard InChI is InChI=1S/C21H28N8O/c1-15(17-7-9-18(10-8-17)22-16(2)30)26-27-19-23-20(28-11-3-4-12-28)25-21(24-19)29-13-5-6-14-29/h7-10H,3-6,11-14H2,1-2H3,(H,22,30)(H,23,24,25,27)/b26-15-. The van der Waals surface area contributed by atoms with Gasteiger partial charge in [0.15, 0.2) is 0 Å². The van der Waals surface area contributed by atoms with Gasteiger partial charge in [0.2, 0.25) is 23.8 Å². The number of amides is 1. The topological polar surface area (TPSA) is 98.6 Å². The fourth-order valence-corrected chi connectivity index (χ4v) is 3.72. The maximum atomic E-state index is 11.2. The van der Waals surface area contributed by atoms with Gasteiger partial charge in [0.05, 0.1) is 5.71 Å². The summed E-state index contributed by atoms with van der Waals surface area (Å²) >= 11 is 0. The summed E-state index contributed by atoms with van der Waals surface area (Å²) in [5.74, 6) is 1.81. The van der Waals surface area contributed by atoms with Crippen LogP contribution in [0.25, 0.3) is 0 Å². The van der Waals surface area contributed by atoms with Gasteiger partial charge < -0.3 is 15.1 Å². The Kier molecular flexibility index (Phi) is 6.06. The predicted molar refractivity (Wildman–Crippen MR) is 119 cm³/mol. The smallest absolute Gasteiger partial charge is 0.250 e. The summed E-state index contributed by atoms with van der Waals surface area (Å²) in [5, 5.41) is 7.24. The summed E-state index contributed by atoms with van der Waals surface area (Å²) in [6.45, 7) is 7.33. The molecule has 9 nitrogen and oxygen atoms in total. The molecule has 0 bridgehead atoms. The molecule has 4 rings (SSSR count). The summed E-state index contributed by atoms with van der Waals surface area (Å²) in [5.41, 5.74) is 5.53. The molecular weight excluding hydrogens is 380 g/mol. The Morgan fingerprint density at radius 2 is 1.40 bits per heavy atom. The minimum absolute atomic E-state index is 0.0905. The third-order valence-corrected chi connectivity index (χ3v) is 5.34. The van der Waals surface area contributed by atoms with Crippen molar-refractivity contribution in [1.29, 1.82) is 0 Å². The van der Waals surface area contributed by atoms with Crippen LogP contribution >= 0.6 is 0 Å². The lowest BCUT2D eigenvalue weighted by molar-refractivity contribution is -0.114. The van der Waals surface area contributed by atoms with E-state index in [2.05, 4.69) is 35.6 Å². The summed E-state index contributed by atoms with van der Waals surface area (Å²) in [6, 6.07) is 7.56. The second-order valence-corrected chi connectivity index (χ2v) is 7.71. The average Bonchev–Trinajstić information content (AvgIpc) is 3.46. The average molecular weight is 409 g/mol. The molecule has 158 valence electrons. The van der Waals surface area contributed by atoms with Crippen molar-refractivity contribution in [3.05, 3.63) is 29.8 Å². The first-order valence-electron chi connectivity index (χ1n) is 10.5. The number of nitrogens with one attached hydrogen (secondary N) is 2. The van der Waals surface area contributed by atoms with E-state index < -0.39 is 0 Å². The highest BCUT2D eigenvalue weighted by molar-refractivity contribution is 5.99. The van der Waals surface area contributed by atoms with Crippen molar-refractivity contribution >= 4 is 35.2 Å². The highest BCUT2D eigenvalue weighted by atomic mass is 16.1. The van der Waals surface area contributed by atoms with Crippen LogP contribution in [0.1, 0.15) is 45.1 Å². The fourth-order valence-electron chi connectivity index (χ4n) is 3.72. The van der Waals surface area contributed by atoms with Crippen molar-refractivity contribution in [1.82, 2.24) is 15.0 Å². The van der Waals surface area contributed by atoms with Gasteiger partial charge in [-0.15, -0.1) is 0 Å². The van der Waals surface area contributed by atoms with Gasteiger partial charge >= 0.3 is 0 Å². The van der Waals surface area contributed by atoms with Crippen molar-refractivity contribution < 1.29 is 4.79 Å². The van der Waals surface area contributed by atoms with Gasteiger partial charge in [-0.3, -0.25) is 4.79 Å². The molecule has 30 heavy (non-hydrogen) atoms. The molecule has 2 aliphatic rings. The molecule has 1 aromatic heterocycles. The largest absolute Gasteiger partial charge is 0.341 e. The Morgan fingerprint density at radius 3 is 1.90 bits per heavy atom. The molecule has 0 aliphatic carbocycles. The van der Waals surface area contributed by atoms with E-state index in [9.17, 15) is 4.79 Å². The van der Waals surface area contributed by atoms with E-state index in [0.717, 1.165) is 55.0 Å². The first-order valence-corrected chi connectivity index (χ1v) is 10.5. The summed E-state index contributed by atoms with van der Waals surface area (Å²) in [4.78, 5) is 29.5. The number of carbonyl (C=O) groups excluding carboxylic acids is 1. The Balaban J connectivity index is 1.52. The maximum absolute atomic E-state index is 11.2. The molecule has 2 saturated heterocycles. The molecule has 1 amide bonds. The molecular formula is C21H28N8O. The third-order valence-electron chi connectivity index (χ3n) is 5.34. The summed E-state index contributed by atoms with van der Waals surface area (Å²) in [7, 11) is 0. The van der Waals surface area contributed by atoms with Crippen molar-refractivity contribution in [3.63, 3.8) is 0 Å². The fraction of sp³-hybridized carbons (Fsp3) is 0.476. The number of hydrogen-bond donors (Lipinski definition) is 2. The monoisotopic (exact) mass is 408 g/mol. The molecule has 2 aliphatic heterocycles. The number of benzene rings is 1. The van der Waals surface area contributed by atoms with Crippen LogP contribution in [0.15, 0.2) is 29.4 Å². The zero-order valence-corrected chi connectivity index (χ0v) is 17.6. The Hall–Kier alpha value is -3.23. The lowest BCUT2D eigenvalue weighted by Gasteiger charge is -2.20. The van der Waals surface area contributed by atoms with E-state index >= 15 is 0 Å². The molecule has 2 aromatic rings. The minimum Gasteiger partial charge on any atom is -0.341 e. The Labute approximate surface area is 176 Å². The van der Waals surface area contributed by atoms with E-state index in [1.165, 1.54) is 32.6 Å². The van der Waals surface area contributed by atoms with E-state index in [1.807, 2.05) is 31.2 Å².